The number of methoxy groups -OCH3 is 1. The molecule has 3 atom stereocenters. The second-order valence-electron chi connectivity index (χ2n) is 8.26. The van der Waals surface area contributed by atoms with E-state index in [0.717, 1.165) is 18.7 Å². The molecule has 0 bridgehead atoms. The third-order valence-corrected chi connectivity index (χ3v) is 6.34. The Bertz CT molecular complexity index is 912. The number of benzene rings is 2. The van der Waals surface area contributed by atoms with Crippen molar-refractivity contribution >= 4 is 11.9 Å². The van der Waals surface area contributed by atoms with E-state index in [1.54, 1.807) is 0 Å². The third-order valence-electron chi connectivity index (χ3n) is 6.34. The molecule has 5 heteroatoms. The Morgan fingerprint density at radius 2 is 1.86 bits per heavy atom. The highest BCUT2D eigenvalue weighted by atomic mass is 16.5. The van der Waals surface area contributed by atoms with E-state index >= 15 is 0 Å². The van der Waals surface area contributed by atoms with Gasteiger partial charge in [0, 0.05) is 19.1 Å². The number of piperazine rings is 1. The number of rotatable bonds is 4. The van der Waals surface area contributed by atoms with Crippen molar-refractivity contribution in [3.05, 3.63) is 70.8 Å². The van der Waals surface area contributed by atoms with Crippen LogP contribution < -0.4 is 0 Å². The van der Waals surface area contributed by atoms with Gasteiger partial charge >= 0.3 is 5.97 Å². The Labute approximate surface area is 172 Å². The quantitative estimate of drug-likeness (QED) is 0.750. The second-order valence-corrected chi connectivity index (χ2v) is 8.26. The van der Waals surface area contributed by atoms with E-state index in [0.29, 0.717) is 13.0 Å². The first-order valence-electron chi connectivity index (χ1n) is 10.2. The summed E-state index contributed by atoms with van der Waals surface area (Å²) in [5.41, 5.74) is 4.76. The Morgan fingerprint density at radius 1 is 1.10 bits per heavy atom. The number of carbonyl (C=O) groups is 2. The highest BCUT2D eigenvalue weighted by Gasteiger charge is 2.50. The molecule has 4 rings (SSSR count). The van der Waals surface area contributed by atoms with Crippen LogP contribution in [-0.2, 0) is 20.9 Å². The molecule has 29 heavy (non-hydrogen) atoms. The van der Waals surface area contributed by atoms with Crippen molar-refractivity contribution in [1.29, 1.82) is 0 Å². The van der Waals surface area contributed by atoms with Crippen LogP contribution in [0.5, 0.6) is 0 Å². The number of hydrogen-bond donors (Lipinski definition) is 0. The zero-order valence-corrected chi connectivity index (χ0v) is 17.3. The summed E-state index contributed by atoms with van der Waals surface area (Å²) >= 11 is 0. The molecule has 2 saturated heterocycles. The van der Waals surface area contributed by atoms with Gasteiger partial charge in [-0.15, -0.1) is 0 Å². The topological polar surface area (TPSA) is 49.9 Å². The van der Waals surface area contributed by atoms with Gasteiger partial charge in [-0.1, -0.05) is 48.5 Å². The average Bonchev–Trinajstić information content (AvgIpc) is 3.11. The lowest BCUT2D eigenvalue weighted by atomic mass is 9.93. The maximum absolute atomic E-state index is 13.2. The minimum absolute atomic E-state index is 0.0251. The molecule has 2 aromatic rings. The molecule has 0 aromatic heterocycles. The number of hydrogen-bond acceptors (Lipinski definition) is 4. The fourth-order valence-electron chi connectivity index (χ4n) is 4.81. The monoisotopic (exact) mass is 392 g/mol. The molecule has 1 amide bonds. The summed E-state index contributed by atoms with van der Waals surface area (Å²) in [5, 5.41) is 0. The van der Waals surface area contributed by atoms with Crippen molar-refractivity contribution in [1.82, 2.24) is 9.80 Å². The van der Waals surface area contributed by atoms with E-state index in [9.17, 15) is 9.59 Å². The van der Waals surface area contributed by atoms with Gasteiger partial charge in [-0.2, -0.15) is 0 Å². The SMILES string of the molecule is COC(=O)[C@H]1C[C@H]2CN(Cc3ccc(C)c(C)c3)CC(=O)N2[C@H]1c1ccccc1. The van der Waals surface area contributed by atoms with Crippen molar-refractivity contribution < 1.29 is 14.3 Å². The van der Waals surface area contributed by atoms with Gasteiger partial charge in [-0.3, -0.25) is 14.5 Å². The lowest BCUT2D eigenvalue weighted by Crippen LogP contribution is -2.53. The summed E-state index contributed by atoms with van der Waals surface area (Å²) in [6.07, 6.45) is 0.640. The van der Waals surface area contributed by atoms with Gasteiger partial charge < -0.3 is 9.64 Å². The molecule has 2 aliphatic rings. The average molecular weight is 392 g/mol. The van der Waals surface area contributed by atoms with Gasteiger partial charge in [0.2, 0.25) is 5.91 Å². The largest absolute Gasteiger partial charge is 0.469 e. The first-order chi connectivity index (χ1) is 14.0. The van der Waals surface area contributed by atoms with Crippen molar-refractivity contribution in [3.8, 4) is 0 Å². The van der Waals surface area contributed by atoms with Crippen LogP contribution in [0.4, 0.5) is 0 Å². The van der Waals surface area contributed by atoms with Crippen molar-refractivity contribution in [3.63, 3.8) is 0 Å². The number of fused-ring (bicyclic) bond motifs is 1. The zero-order chi connectivity index (χ0) is 20.5. The first-order valence-corrected chi connectivity index (χ1v) is 10.2. The lowest BCUT2D eigenvalue weighted by Gasteiger charge is -2.40. The second kappa shape index (κ2) is 7.99. The smallest absolute Gasteiger partial charge is 0.311 e. The van der Waals surface area contributed by atoms with Crippen LogP contribution in [0.3, 0.4) is 0 Å². The van der Waals surface area contributed by atoms with E-state index < -0.39 is 0 Å². The summed E-state index contributed by atoms with van der Waals surface area (Å²) in [6.45, 7) is 6.12. The zero-order valence-electron chi connectivity index (χ0n) is 17.3. The van der Waals surface area contributed by atoms with Crippen LogP contribution in [0, 0.1) is 19.8 Å². The van der Waals surface area contributed by atoms with Crippen molar-refractivity contribution in [2.24, 2.45) is 5.92 Å². The van der Waals surface area contributed by atoms with E-state index in [1.807, 2.05) is 35.2 Å². The molecule has 0 N–H and O–H groups in total. The molecule has 0 spiro atoms. The van der Waals surface area contributed by atoms with Gasteiger partial charge in [0.15, 0.2) is 0 Å². The lowest BCUT2D eigenvalue weighted by molar-refractivity contribution is -0.147. The first kappa shape index (κ1) is 19.6. The van der Waals surface area contributed by atoms with Gasteiger partial charge in [-0.25, -0.2) is 0 Å². The molecule has 2 aromatic carbocycles. The Balaban J connectivity index is 1.57. The molecule has 5 nitrogen and oxygen atoms in total. The van der Waals surface area contributed by atoms with Crippen LogP contribution in [0.25, 0.3) is 0 Å². The summed E-state index contributed by atoms with van der Waals surface area (Å²) in [7, 11) is 1.43. The van der Waals surface area contributed by atoms with E-state index in [2.05, 4.69) is 36.9 Å². The fourth-order valence-corrected chi connectivity index (χ4v) is 4.81. The summed E-state index contributed by atoms with van der Waals surface area (Å²) < 4.78 is 5.08. The maximum Gasteiger partial charge on any atom is 0.311 e. The van der Waals surface area contributed by atoms with Crippen LogP contribution >= 0.6 is 0 Å². The standard InChI is InChI=1S/C24H28N2O3/c1-16-9-10-18(11-17(16)2)13-25-14-20-12-21(24(28)29-3)23(26(20)22(27)15-25)19-7-5-4-6-8-19/h4-11,20-21,23H,12-15H2,1-3H3/t20-,21-,23-/m0/s1. The van der Waals surface area contributed by atoms with Crippen molar-refractivity contribution in [2.45, 2.75) is 38.9 Å². The fraction of sp³-hybridized carbons (Fsp3) is 0.417. The molecule has 0 radical (unpaired) electrons. The van der Waals surface area contributed by atoms with Gasteiger partial charge in [0.25, 0.3) is 0 Å². The molecule has 0 unspecified atom stereocenters. The number of nitrogens with zero attached hydrogens (tertiary/aromatic N) is 2. The predicted octanol–water partition coefficient (Wildman–Crippen LogP) is 3.25. The summed E-state index contributed by atoms with van der Waals surface area (Å²) in [5.74, 6) is -0.468. The molecule has 0 saturated carbocycles. The Kier molecular flexibility index (Phi) is 5.41. The highest BCUT2D eigenvalue weighted by Crippen LogP contribution is 2.43. The Morgan fingerprint density at radius 3 is 2.55 bits per heavy atom. The van der Waals surface area contributed by atoms with Crippen LogP contribution in [0.2, 0.25) is 0 Å². The third kappa shape index (κ3) is 3.79. The van der Waals surface area contributed by atoms with Gasteiger partial charge in [0.05, 0.1) is 25.6 Å². The molecular weight excluding hydrogens is 364 g/mol. The highest BCUT2D eigenvalue weighted by molar-refractivity contribution is 5.83. The number of esters is 1. The minimum atomic E-state index is -0.321. The molecule has 0 aliphatic carbocycles. The molecule has 152 valence electrons. The normalized spacial score (nSPS) is 24.4. The predicted molar refractivity (Wildman–Crippen MR) is 111 cm³/mol. The van der Waals surface area contributed by atoms with Gasteiger partial charge in [-0.05, 0) is 42.5 Å². The number of ether oxygens (including phenoxy) is 1. The number of aryl methyl sites for hydroxylation is 2. The molecule has 2 heterocycles. The maximum atomic E-state index is 13.2. The van der Waals surface area contributed by atoms with E-state index in [-0.39, 0.29) is 29.9 Å². The van der Waals surface area contributed by atoms with Gasteiger partial charge in [0.1, 0.15) is 0 Å². The van der Waals surface area contributed by atoms with E-state index in [4.69, 9.17) is 4.74 Å². The molecule has 2 aliphatic heterocycles. The number of carbonyl (C=O) groups excluding carboxylic acids is 2. The molecular formula is C24H28N2O3. The summed E-state index contributed by atoms with van der Waals surface area (Å²) in [4.78, 5) is 29.8. The van der Waals surface area contributed by atoms with Crippen LogP contribution in [0.1, 0.15) is 34.7 Å². The van der Waals surface area contributed by atoms with E-state index in [1.165, 1.54) is 23.8 Å². The van der Waals surface area contributed by atoms with Crippen LogP contribution in [0.15, 0.2) is 48.5 Å². The summed E-state index contributed by atoms with van der Waals surface area (Å²) in [6, 6.07) is 16.1. The number of amides is 1. The minimum Gasteiger partial charge on any atom is -0.469 e. The van der Waals surface area contributed by atoms with Crippen LogP contribution in [-0.4, -0.2) is 47.9 Å². The Hall–Kier alpha value is -2.66. The molecule has 2 fully saturated rings. The van der Waals surface area contributed by atoms with Crippen molar-refractivity contribution in [2.75, 3.05) is 20.2 Å².